The fraction of sp³-hybridized carbons (Fsp3) is 0.263. The number of nitrogens with zero attached hydrogens (tertiary/aromatic N) is 3. The van der Waals surface area contributed by atoms with Gasteiger partial charge in [-0.3, -0.25) is 0 Å². The molecule has 0 fully saturated rings. The predicted octanol–water partition coefficient (Wildman–Crippen LogP) is 5.78. The van der Waals surface area contributed by atoms with Crippen LogP contribution >= 0.6 is 35.0 Å². The molecule has 136 valence electrons. The van der Waals surface area contributed by atoms with Gasteiger partial charge in [-0.2, -0.15) is 0 Å². The second-order valence-corrected chi connectivity index (χ2v) is 7.57. The molecule has 3 rings (SSSR count). The van der Waals surface area contributed by atoms with Gasteiger partial charge in [-0.15, -0.1) is 10.2 Å². The fourth-order valence-corrected chi connectivity index (χ4v) is 3.83. The summed E-state index contributed by atoms with van der Waals surface area (Å²) in [5.41, 5.74) is 2.19. The third kappa shape index (κ3) is 4.72. The van der Waals surface area contributed by atoms with E-state index >= 15 is 0 Å². The average Bonchev–Trinajstić information content (AvgIpc) is 3.02. The SMILES string of the molecule is CCn1c(COc2ccc(Cl)cc2C)nnc1SCc1ccc(Cl)cc1. The van der Waals surface area contributed by atoms with Crippen molar-refractivity contribution in [3.63, 3.8) is 0 Å². The molecule has 0 unspecified atom stereocenters. The summed E-state index contributed by atoms with van der Waals surface area (Å²) in [5.74, 6) is 2.42. The van der Waals surface area contributed by atoms with Crippen LogP contribution in [0.4, 0.5) is 0 Å². The van der Waals surface area contributed by atoms with E-state index in [0.717, 1.165) is 39.6 Å². The summed E-state index contributed by atoms with van der Waals surface area (Å²) in [6.07, 6.45) is 0. The summed E-state index contributed by atoms with van der Waals surface area (Å²) in [4.78, 5) is 0. The van der Waals surface area contributed by atoms with Crippen LogP contribution in [0, 0.1) is 6.92 Å². The number of halogens is 2. The van der Waals surface area contributed by atoms with E-state index in [1.54, 1.807) is 11.8 Å². The molecule has 0 radical (unpaired) electrons. The summed E-state index contributed by atoms with van der Waals surface area (Å²) >= 11 is 13.6. The molecule has 4 nitrogen and oxygen atoms in total. The molecule has 1 aromatic heterocycles. The predicted molar refractivity (Wildman–Crippen MR) is 107 cm³/mol. The molecule has 26 heavy (non-hydrogen) atoms. The maximum absolute atomic E-state index is 5.99. The number of benzene rings is 2. The molecule has 0 aliphatic rings. The zero-order valence-corrected chi connectivity index (χ0v) is 16.9. The van der Waals surface area contributed by atoms with Crippen LogP contribution in [0.3, 0.4) is 0 Å². The van der Waals surface area contributed by atoms with Crippen LogP contribution in [-0.4, -0.2) is 14.8 Å². The van der Waals surface area contributed by atoms with Crippen molar-refractivity contribution < 1.29 is 4.74 Å². The van der Waals surface area contributed by atoms with Crippen LogP contribution in [0.25, 0.3) is 0 Å². The summed E-state index contributed by atoms with van der Waals surface area (Å²) in [7, 11) is 0. The summed E-state index contributed by atoms with van der Waals surface area (Å²) in [6, 6.07) is 13.4. The highest BCUT2D eigenvalue weighted by Crippen LogP contribution is 2.25. The van der Waals surface area contributed by atoms with Gasteiger partial charge in [0.2, 0.25) is 0 Å². The molecule has 0 spiro atoms. The van der Waals surface area contributed by atoms with E-state index in [2.05, 4.69) is 21.7 Å². The van der Waals surface area contributed by atoms with Gasteiger partial charge in [0, 0.05) is 22.3 Å². The van der Waals surface area contributed by atoms with Crippen LogP contribution in [0.5, 0.6) is 5.75 Å². The second kappa shape index (κ2) is 8.80. The van der Waals surface area contributed by atoms with Crippen LogP contribution < -0.4 is 4.74 Å². The van der Waals surface area contributed by atoms with E-state index in [1.165, 1.54) is 5.56 Å². The Morgan fingerprint density at radius 3 is 2.46 bits per heavy atom. The monoisotopic (exact) mass is 407 g/mol. The lowest BCUT2D eigenvalue weighted by Crippen LogP contribution is -2.07. The van der Waals surface area contributed by atoms with Crippen molar-refractivity contribution in [3.05, 3.63) is 69.5 Å². The Labute approximate surface area is 167 Å². The molecule has 0 saturated carbocycles. The van der Waals surface area contributed by atoms with Crippen molar-refractivity contribution in [2.75, 3.05) is 0 Å². The van der Waals surface area contributed by atoms with Crippen LogP contribution in [-0.2, 0) is 18.9 Å². The van der Waals surface area contributed by atoms with Crippen molar-refractivity contribution >= 4 is 35.0 Å². The molecule has 7 heteroatoms. The number of aryl methyl sites for hydroxylation is 1. The quantitative estimate of drug-likeness (QED) is 0.465. The molecule has 0 amide bonds. The topological polar surface area (TPSA) is 39.9 Å². The number of ether oxygens (including phenoxy) is 1. The Balaban J connectivity index is 1.66. The Kier molecular flexibility index (Phi) is 6.46. The fourth-order valence-electron chi connectivity index (χ4n) is 2.50. The van der Waals surface area contributed by atoms with Gasteiger partial charge < -0.3 is 9.30 Å². The molecule has 0 N–H and O–H groups in total. The van der Waals surface area contributed by atoms with Crippen LogP contribution in [0.2, 0.25) is 10.0 Å². The highest BCUT2D eigenvalue weighted by atomic mass is 35.5. The van der Waals surface area contributed by atoms with Crippen molar-refractivity contribution in [1.29, 1.82) is 0 Å². The minimum absolute atomic E-state index is 0.366. The van der Waals surface area contributed by atoms with E-state index in [9.17, 15) is 0 Å². The normalized spacial score (nSPS) is 10.9. The van der Waals surface area contributed by atoms with Gasteiger partial charge in [-0.1, -0.05) is 47.1 Å². The maximum atomic E-state index is 5.99. The lowest BCUT2D eigenvalue weighted by Gasteiger charge is -2.10. The molecule has 3 aromatic rings. The third-order valence-electron chi connectivity index (χ3n) is 3.88. The first-order valence-corrected chi connectivity index (χ1v) is 9.99. The molecular formula is C19H19Cl2N3OS. The van der Waals surface area contributed by atoms with E-state index < -0.39 is 0 Å². The van der Waals surface area contributed by atoms with E-state index in [0.29, 0.717) is 11.6 Å². The molecule has 0 aliphatic carbocycles. The van der Waals surface area contributed by atoms with Crippen molar-refractivity contribution in [2.45, 2.75) is 37.9 Å². The Bertz CT molecular complexity index is 881. The highest BCUT2D eigenvalue weighted by molar-refractivity contribution is 7.98. The summed E-state index contributed by atoms with van der Waals surface area (Å²) in [5, 5.41) is 10.9. The van der Waals surface area contributed by atoms with Crippen molar-refractivity contribution in [3.8, 4) is 5.75 Å². The van der Waals surface area contributed by atoms with E-state index in [-0.39, 0.29) is 0 Å². The summed E-state index contributed by atoms with van der Waals surface area (Å²) < 4.78 is 7.98. The van der Waals surface area contributed by atoms with Gasteiger partial charge in [0.1, 0.15) is 12.4 Å². The van der Waals surface area contributed by atoms with Crippen molar-refractivity contribution in [2.24, 2.45) is 0 Å². The number of hydrogen-bond donors (Lipinski definition) is 0. The first-order valence-electron chi connectivity index (χ1n) is 8.25. The number of aromatic nitrogens is 3. The average molecular weight is 408 g/mol. The van der Waals surface area contributed by atoms with Gasteiger partial charge >= 0.3 is 0 Å². The molecule has 0 bridgehead atoms. The molecule has 0 saturated heterocycles. The van der Waals surface area contributed by atoms with Gasteiger partial charge in [0.25, 0.3) is 0 Å². The van der Waals surface area contributed by atoms with Gasteiger partial charge in [-0.25, -0.2) is 0 Å². The van der Waals surface area contributed by atoms with E-state index in [1.807, 2.05) is 49.4 Å². The lowest BCUT2D eigenvalue weighted by atomic mass is 10.2. The van der Waals surface area contributed by atoms with Crippen LogP contribution in [0.1, 0.15) is 23.9 Å². The second-order valence-electron chi connectivity index (χ2n) is 5.76. The number of thioether (sulfide) groups is 1. The van der Waals surface area contributed by atoms with Crippen molar-refractivity contribution in [1.82, 2.24) is 14.8 Å². The summed E-state index contributed by atoms with van der Waals surface area (Å²) in [6.45, 7) is 5.20. The maximum Gasteiger partial charge on any atom is 0.191 e. The zero-order chi connectivity index (χ0) is 18.5. The van der Waals surface area contributed by atoms with Gasteiger partial charge in [-0.05, 0) is 55.3 Å². The van der Waals surface area contributed by atoms with Gasteiger partial charge in [0.15, 0.2) is 11.0 Å². The Morgan fingerprint density at radius 1 is 1.04 bits per heavy atom. The molecular weight excluding hydrogens is 389 g/mol. The standard InChI is InChI=1S/C19H19Cl2N3OS/c1-3-24-18(11-25-17-9-8-16(21)10-13(17)2)22-23-19(24)26-12-14-4-6-15(20)7-5-14/h4-10H,3,11-12H2,1-2H3. The molecule has 2 aromatic carbocycles. The minimum Gasteiger partial charge on any atom is -0.485 e. The number of hydrogen-bond acceptors (Lipinski definition) is 4. The highest BCUT2D eigenvalue weighted by Gasteiger charge is 2.13. The van der Waals surface area contributed by atoms with Crippen LogP contribution in [0.15, 0.2) is 47.6 Å². The first-order chi connectivity index (χ1) is 12.6. The Morgan fingerprint density at radius 2 is 1.77 bits per heavy atom. The third-order valence-corrected chi connectivity index (χ3v) is 5.41. The van der Waals surface area contributed by atoms with Gasteiger partial charge in [0.05, 0.1) is 0 Å². The number of rotatable bonds is 7. The Hall–Kier alpha value is -1.69. The smallest absolute Gasteiger partial charge is 0.191 e. The lowest BCUT2D eigenvalue weighted by molar-refractivity contribution is 0.286. The molecule has 0 aliphatic heterocycles. The largest absolute Gasteiger partial charge is 0.485 e. The molecule has 1 heterocycles. The van der Waals surface area contributed by atoms with E-state index in [4.69, 9.17) is 27.9 Å². The zero-order valence-electron chi connectivity index (χ0n) is 14.6. The minimum atomic E-state index is 0.366. The first kappa shape index (κ1) is 19.1. The molecule has 0 atom stereocenters.